The molecule has 0 bridgehead atoms. The van der Waals surface area contributed by atoms with Crippen molar-refractivity contribution >= 4 is 28.7 Å². The predicted octanol–water partition coefficient (Wildman–Crippen LogP) is 3.28. The Bertz CT molecular complexity index is 1000. The van der Waals surface area contributed by atoms with Gasteiger partial charge in [0.2, 0.25) is 0 Å². The molecule has 0 unspecified atom stereocenters. The molecule has 7 nitrogen and oxygen atoms in total. The van der Waals surface area contributed by atoms with Crippen LogP contribution in [0.1, 0.15) is 52.8 Å². The highest BCUT2D eigenvalue weighted by molar-refractivity contribution is 6.05. The van der Waals surface area contributed by atoms with Crippen LogP contribution >= 0.6 is 0 Å². The Hall–Kier alpha value is -3.22. The van der Waals surface area contributed by atoms with Crippen molar-refractivity contribution in [3.8, 4) is 0 Å². The Morgan fingerprint density at radius 1 is 1.00 bits per heavy atom. The van der Waals surface area contributed by atoms with Gasteiger partial charge in [0.1, 0.15) is 5.52 Å². The van der Waals surface area contributed by atoms with Gasteiger partial charge in [-0.25, -0.2) is 9.97 Å². The summed E-state index contributed by atoms with van der Waals surface area (Å²) in [6.07, 6.45) is 8.90. The normalized spacial score (nSPS) is 14.8. The third-order valence-corrected chi connectivity index (χ3v) is 5.16. The maximum Gasteiger partial charge on any atom is 0.257 e. The van der Waals surface area contributed by atoms with Crippen LogP contribution in [0.3, 0.4) is 0 Å². The van der Waals surface area contributed by atoms with Crippen LogP contribution in [0.25, 0.3) is 11.2 Å². The van der Waals surface area contributed by atoms with E-state index in [4.69, 9.17) is 0 Å². The Balaban J connectivity index is 1.40. The first-order valence-corrected chi connectivity index (χ1v) is 9.59. The van der Waals surface area contributed by atoms with Crippen molar-refractivity contribution < 1.29 is 9.59 Å². The Morgan fingerprint density at radius 2 is 1.75 bits per heavy atom. The molecule has 1 aliphatic carbocycles. The van der Waals surface area contributed by atoms with Crippen molar-refractivity contribution in [1.29, 1.82) is 0 Å². The van der Waals surface area contributed by atoms with Crippen LogP contribution in [-0.2, 0) is 7.05 Å². The molecule has 1 saturated carbocycles. The third-order valence-electron chi connectivity index (χ3n) is 5.16. The number of aromatic nitrogens is 3. The second-order valence-electron chi connectivity index (χ2n) is 7.26. The second kappa shape index (κ2) is 7.80. The van der Waals surface area contributed by atoms with Crippen molar-refractivity contribution in [3.63, 3.8) is 0 Å². The van der Waals surface area contributed by atoms with Crippen LogP contribution in [0.5, 0.6) is 0 Å². The average Bonchev–Trinajstić information content (AvgIpc) is 3.09. The van der Waals surface area contributed by atoms with Gasteiger partial charge >= 0.3 is 0 Å². The first-order valence-electron chi connectivity index (χ1n) is 9.59. The summed E-state index contributed by atoms with van der Waals surface area (Å²) < 4.78 is 1.80. The zero-order valence-electron chi connectivity index (χ0n) is 15.8. The number of hydrogen-bond donors (Lipinski definition) is 2. The maximum atomic E-state index is 12.5. The highest BCUT2D eigenvalue weighted by Gasteiger charge is 2.17. The number of nitrogens with zero attached hydrogens (tertiary/aromatic N) is 3. The average molecular weight is 377 g/mol. The second-order valence-corrected chi connectivity index (χ2v) is 7.26. The van der Waals surface area contributed by atoms with E-state index in [0.29, 0.717) is 22.3 Å². The summed E-state index contributed by atoms with van der Waals surface area (Å²) in [4.78, 5) is 33.4. The van der Waals surface area contributed by atoms with Crippen molar-refractivity contribution in [2.45, 2.75) is 38.1 Å². The van der Waals surface area contributed by atoms with E-state index in [2.05, 4.69) is 20.6 Å². The lowest BCUT2D eigenvalue weighted by Crippen LogP contribution is -2.36. The SMILES string of the molecule is Cn1cnc2cc(C(=O)Nc3ccc(C(=O)NC4CCCCC4)cc3)cnc21. The molecule has 0 aliphatic heterocycles. The monoisotopic (exact) mass is 377 g/mol. The molecule has 2 amide bonds. The lowest BCUT2D eigenvalue weighted by atomic mass is 9.95. The number of carbonyl (C=O) groups excluding carboxylic acids is 2. The van der Waals surface area contributed by atoms with Gasteiger partial charge in [-0.05, 0) is 43.2 Å². The number of amides is 2. The van der Waals surface area contributed by atoms with E-state index < -0.39 is 0 Å². The molecule has 2 N–H and O–H groups in total. The molecule has 3 aromatic rings. The van der Waals surface area contributed by atoms with Gasteiger partial charge in [0.05, 0.1) is 11.9 Å². The van der Waals surface area contributed by atoms with Gasteiger partial charge in [0.25, 0.3) is 11.8 Å². The summed E-state index contributed by atoms with van der Waals surface area (Å²) in [6.45, 7) is 0. The summed E-state index contributed by atoms with van der Waals surface area (Å²) in [5.74, 6) is -0.325. The van der Waals surface area contributed by atoms with Crippen LogP contribution < -0.4 is 10.6 Å². The minimum Gasteiger partial charge on any atom is -0.349 e. The predicted molar refractivity (Wildman–Crippen MR) is 107 cm³/mol. The molecule has 28 heavy (non-hydrogen) atoms. The maximum absolute atomic E-state index is 12.5. The van der Waals surface area contributed by atoms with Crippen molar-refractivity contribution in [2.75, 3.05) is 5.32 Å². The van der Waals surface area contributed by atoms with E-state index in [0.717, 1.165) is 18.5 Å². The largest absolute Gasteiger partial charge is 0.349 e. The van der Waals surface area contributed by atoms with Crippen LogP contribution in [0.4, 0.5) is 5.69 Å². The summed E-state index contributed by atoms with van der Waals surface area (Å²) in [6, 6.07) is 8.92. The highest BCUT2D eigenvalue weighted by Crippen LogP contribution is 2.18. The van der Waals surface area contributed by atoms with E-state index >= 15 is 0 Å². The molecule has 2 aromatic heterocycles. The molecule has 0 saturated heterocycles. The van der Waals surface area contributed by atoms with E-state index in [1.165, 1.54) is 25.5 Å². The van der Waals surface area contributed by atoms with E-state index in [-0.39, 0.29) is 17.9 Å². The minimum atomic E-state index is -0.264. The topological polar surface area (TPSA) is 88.9 Å². The molecule has 7 heteroatoms. The van der Waals surface area contributed by atoms with Crippen LogP contribution in [0.15, 0.2) is 42.9 Å². The summed E-state index contributed by atoms with van der Waals surface area (Å²) in [7, 11) is 1.86. The number of imidazole rings is 1. The summed E-state index contributed by atoms with van der Waals surface area (Å²) >= 11 is 0. The fourth-order valence-corrected chi connectivity index (χ4v) is 3.56. The van der Waals surface area contributed by atoms with E-state index in [1.807, 2.05) is 7.05 Å². The number of nitrogens with one attached hydrogen (secondary N) is 2. The number of benzene rings is 1. The fraction of sp³-hybridized carbons (Fsp3) is 0.333. The Morgan fingerprint density at radius 3 is 2.50 bits per heavy atom. The zero-order valence-corrected chi connectivity index (χ0v) is 15.8. The van der Waals surface area contributed by atoms with Gasteiger partial charge < -0.3 is 15.2 Å². The van der Waals surface area contributed by atoms with Crippen LogP contribution in [0.2, 0.25) is 0 Å². The molecule has 0 radical (unpaired) electrons. The molecule has 1 fully saturated rings. The summed E-state index contributed by atoms with van der Waals surface area (Å²) in [5, 5.41) is 5.93. The van der Waals surface area contributed by atoms with Crippen LogP contribution in [0, 0.1) is 0 Å². The van der Waals surface area contributed by atoms with Gasteiger partial charge in [-0.1, -0.05) is 19.3 Å². The van der Waals surface area contributed by atoms with E-state index in [1.54, 1.807) is 41.2 Å². The lowest BCUT2D eigenvalue weighted by molar-refractivity contribution is 0.0927. The lowest BCUT2D eigenvalue weighted by Gasteiger charge is -2.22. The fourth-order valence-electron chi connectivity index (χ4n) is 3.56. The number of anilines is 1. The van der Waals surface area contributed by atoms with Crippen molar-refractivity contribution in [2.24, 2.45) is 7.05 Å². The molecule has 0 atom stereocenters. The number of rotatable bonds is 4. The van der Waals surface area contributed by atoms with Gasteiger partial charge in [-0.15, -0.1) is 0 Å². The molecule has 4 rings (SSSR count). The Kier molecular flexibility index (Phi) is 5.06. The standard InChI is InChI=1S/C21H23N5O2/c1-26-13-23-18-11-15(12-22-19(18)26)21(28)25-17-9-7-14(8-10-17)20(27)24-16-5-3-2-4-6-16/h7-13,16H,2-6H2,1H3,(H,24,27)(H,25,28). The van der Waals surface area contributed by atoms with Gasteiger partial charge in [0, 0.05) is 30.5 Å². The molecule has 1 aliphatic rings. The number of fused-ring (bicyclic) bond motifs is 1. The number of aryl methyl sites for hydroxylation is 1. The molecule has 0 spiro atoms. The number of pyridine rings is 1. The molecule has 2 heterocycles. The molecule has 144 valence electrons. The smallest absolute Gasteiger partial charge is 0.257 e. The third kappa shape index (κ3) is 3.88. The minimum absolute atomic E-state index is 0.0606. The Labute approximate surface area is 163 Å². The quantitative estimate of drug-likeness (QED) is 0.730. The molecular weight excluding hydrogens is 354 g/mol. The number of hydrogen-bond acceptors (Lipinski definition) is 4. The van der Waals surface area contributed by atoms with Crippen LogP contribution in [-0.4, -0.2) is 32.4 Å². The van der Waals surface area contributed by atoms with Gasteiger partial charge in [-0.2, -0.15) is 0 Å². The van der Waals surface area contributed by atoms with Gasteiger partial charge in [0.15, 0.2) is 5.65 Å². The summed E-state index contributed by atoms with van der Waals surface area (Å²) in [5.41, 5.74) is 3.06. The first-order chi connectivity index (χ1) is 13.6. The van der Waals surface area contributed by atoms with Crippen molar-refractivity contribution in [3.05, 3.63) is 54.0 Å². The highest BCUT2D eigenvalue weighted by atomic mass is 16.2. The first kappa shape index (κ1) is 18.2. The number of carbonyl (C=O) groups is 2. The van der Waals surface area contributed by atoms with Crippen molar-refractivity contribution in [1.82, 2.24) is 19.9 Å². The zero-order chi connectivity index (χ0) is 19.5. The van der Waals surface area contributed by atoms with Gasteiger partial charge in [-0.3, -0.25) is 9.59 Å². The molecular formula is C21H23N5O2. The molecule has 1 aromatic carbocycles. The van der Waals surface area contributed by atoms with E-state index in [9.17, 15) is 9.59 Å².